The summed E-state index contributed by atoms with van der Waals surface area (Å²) in [7, 11) is -4.10. The topological polar surface area (TPSA) is 97.3 Å². The molecule has 0 atom stereocenters. The van der Waals surface area contributed by atoms with Gasteiger partial charge in [-0.3, -0.25) is 9.10 Å². The Bertz CT molecular complexity index is 1560. The van der Waals surface area contributed by atoms with Crippen molar-refractivity contribution in [2.75, 3.05) is 17.5 Å². The number of ether oxygens (including phenoxy) is 2. The highest BCUT2D eigenvalue weighted by Gasteiger charge is 2.29. The molecule has 0 aliphatic rings. The van der Waals surface area contributed by atoms with E-state index >= 15 is 0 Å². The van der Waals surface area contributed by atoms with Gasteiger partial charge in [0.1, 0.15) is 24.7 Å². The standard InChI is InChI=1S/C31H31N3O5S/c1-3-38-30-16-10-8-14-28(30)34(40(36,37)27-19-17-24(2)18-20-27)22-31(35)33-32-21-26-13-7-9-15-29(26)39-23-25-11-5-4-6-12-25/h4-21H,3,22-23H2,1-2H3,(H,33,35)/b32-21-. The van der Waals surface area contributed by atoms with Crippen LogP contribution < -0.4 is 19.2 Å². The predicted octanol–water partition coefficient (Wildman–Crippen LogP) is 5.32. The Morgan fingerprint density at radius 2 is 1.50 bits per heavy atom. The molecule has 9 heteroatoms. The van der Waals surface area contributed by atoms with E-state index in [-0.39, 0.29) is 10.6 Å². The molecule has 1 N–H and O–H groups in total. The molecule has 0 bridgehead atoms. The van der Waals surface area contributed by atoms with Gasteiger partial charge in [-0.2, -0.15) is 5.10 Å². The lowest BCUT2D eigenvalue weighted by atomic mass is 10.2. The third kappa shape index (κ3) is 7.27. The highest BCUT2D eigenvalue weighted by atomic mass is 32.2. The van der Waals surface area contributed by atoms with E-state index in [9.17, 15) is 13.2 Å². The zero-order valence-electron chi connectivity index (χ0n) is 22.4. The summed E-state index contributed by atoms with van der Waals surface area (Å²) in [5.41, 5.74) is 5.29. The fourth-order valence-corrected chi connectivity index (χ4v) is 5.30. The molecule has 0 fully saturated rings. The van der Waals surface area contributed by atoms with Crippen molar-refractivity contribution < 1.29 is 22.7 Å². The molecule has 0 aliphatic carbocycles. The molecule has 0 unspecified atom stereocenters. The Morgan fingerprint density at radius 1 is 0.850 bits per heavy atom. The second-order valence-corrected chi connectivity index (χ2v) is 10.7. The average molecular weight is 558 g/mol. The Hall–Kier alpha value is -4.63. The zero-order chi connectivity index (χ0) is 28.4. The summed E-state index contributed by atoms with van der Waals surface area (Å²) < 4.78 is 40.0. The highest BCUT2D eigenvalue weighted by Crippen LogP contribution is 2.32. The number of anilines is 1. The van der Waals surface area contributed by atoms with E-state index in [1.165, 1.54) is 18.3 Å². The third-order valence-corrected chi connectivity index (χ3v) is 7.65. The van der Waals surface area contributed by atoms with Crippen LogP contribution in [-0.2, 0) is 21.4 Å². The van der Waals surface area contributed by atoms with Crippen LogP contribution in [0.25, 0.3) is 0 Å². The van der Waals surface area contributed by atoms with Crippen LogP contribution in [0.5, 0.6) is 11.5 Å². The first kappa shape index (κ1) is 28.4. The molecular formula is C31H31N3O5S. The second-order valence-electron chi connectivity index (χ2n) is 8.83. The molecule has 0 radical (unpaired) electrons. The van der Waals surface area contributed by atoms with Crippen LogP contribution in [0.4, 0.5) is 5.69 Å². The minimum absolute atomic E-state index is 0.0604. The van der Waals surface area contributed by atoms with E-state index in [0.717, 1.165) is 15.4 Å². The number of nitrogens with zero attached hydrogens (tertiary/aromatic N) is 2. The van der Waals surface area contributed by atoms with Gasteiger partial charge in [-0.1, -0.05) is 72.3 Å². The number of nitrogens with one attached hydrogen (secondary N) is 1. The van der Waals surface area contributed by atoms with E-state index in [1.807, 2.05) is 61.5 Å². The Kier molecular flexibility index (Phi) is 9.53. The van der Waals surface area contributed by atoms with E-state index in [2.05, 4.69) is 10.5 Å². The number of para-hydroxylation sites is 3. The molecule has 0 heterocycles. The van der Waals surface area contributed by atoms with Gasteiger partial charge in [0.05, 0.1) is 23.4 Å². The lowest BCUT2D eigenvalue weighted by Gasteiger charge is -2.25. The fraction of sp³-hybridized carbons (Fsp3) is 0.161. The zero-order valence-corrected chi connectivity index (χ0v) is 23.2. The summed E-state index contributed by atoms with van der Waals surface area (Å²) in [6.07, 6.45) is 1.46. The lowest BCUT2D eigenvalue weighted by Crippen LogP contribution is -2.39. The monoisotopic (exact) mass is 557 g/mol. The molecule has 0 spiro atoms. The van der Waals surface area contributed by atoms with Crippen molar-refractivity contribution in [1.29, 1.82) is 0 Å². The number of carbonyl (C=O) groups excluding carboxylic acids is 1. The number of hydrogen-bond acceptors (Lipinski definition) is 6. The molecule has 40 heavy (non-hydrogen) atoms. The molecule has 206 valence electrons. The Labute approximate surface area is 234 Å². The Balaban J connectivity index is 1.53. The number of benzene rings is 4. The summed E-state index contributed by atoms with van der Waals surface area (Å²) in [6, 6.07) is 30.2. The van der Waals surface area contributed by atoms with Crippen LogP contribution in [0.3, 0.4) is 0 Å². The number of amides is 1. The summed E-state index contributed by atoms with van der Waals surface area (Å²) in [4.78, 5) is 13.1. The first-order chi connectivity index (χ1) is 19.4. The van der Waals surface area contributed by atoms with E-state index in [0.29, 0.717) is 30.3 Å². The predicted molar refractivity (Wildman–Crippen MR) is 156 cm³/mol. The van der Waals surface area contributed by atoms with Crippen LogP contribution in [0, 0.1) is 6.92 Å². The minimum atomic E-state index is -4.10. The van der Waals surface area contributed by atoms with E-state index in [1.54, 1.807) is 43.3 Å². The molecule has 1 amide bonds. The van der Waals surface area contributed by atoms with Crippen molar-refractivity contribution in [1.82, 2.24) is 5.43 Å². The molecule has 0 saturated heterocycles. The van der Waals surface area contributed by atoms with Gasteiger partial charge >= 0.3 is 0 Å². The molecule has 4 rings (SSSR count). The molecule has 0 saturated carbocycles. The number of sulfonamides is 1. The van der Waals surface area contributed by atoms with Crippen molar-refractivity contribution in [3.63, 3.8) is 0 Å². The van der Waals surface area contributed by atoms with Gasteiger partial charge < -0.3 is 9.47 Å². The molecule has 0 aromatic heterocycles. The smallest absolute Gasteiger partial charge is 0.264 e. The van der Waals surface area contributed by atoms with E-state index < -0.39 is 22.5 Å². The maximum absolute atomic E-state index is 13.7. The molecule has 4 aromatic carbocycles. The van der Waals surface area contributed by atoms with Gasteiger partial charge in [0.15, 0.2) is 0 Å². The molecular weight excluding hydrogens is 526 g/mol. The number of rotatable bonds is 12. The summed E-state index contributed by atoms with van der Waals surface area (Å²) in [5, 5.41) is 4.07. The van der Waals surface area contributed by atoms with Crippen molar-refractivity contribution in [3.05, 3.63) is 120 Å². The van der Waals surface area contributed by atoms with Crippen LogP contribution in [0.15, 0.2) is 113 Å². The van der Waals surface area contributed by atoms with Gasteiger partial charge in [-0.15, -0.1) is 0 Å². The summed E-state index contributed by atoms with van der Waals surface area (Å²) >= 11 is 0. The van der Waals surface area contributed by atoms with Crippen molar-refractivity contribution in [2.45, 2.75) is 25.3 Å². The first-order valence-corrected chi connectivity index (χ1v) is 14.2. The largest absolute Gasteiger partial charge is 0.492 e. The molecule has 0 aliphatic heterocycles. The summed E-state index contributed by atoms with van der Waals surface area (Å²) in [6.45, 7) is 3.87. The Morgan fingerprint density at radius 3 is 2.23 bits per heavy atom. The normalized spacial score (nSPS) is 11.2. The first-order valence-electron chi connectivity index (χ1n) is 12.8. The van der Waals surface area contributed by atoms with Crippen molar-refractivity contribution >= 4 is 27.8 Å². The highest BCUT2D eigenvalue weighted by molar-refractivity contribution is 7.92. The number of hydrazone groups is 1. The van der Waals surface area contributed by atoms with Gasteiger partial charge in [0, 0.05) is 5.56 Å². The molecule has 4 aromatic rings. The number of carbonyl (C=O) groups is 1. The summed E-state index contributed by atoms with van der Waals surface area (Å²) in [5.74, 6) is 0.320. The van der Waals surface area contributed by atoms with Crippen LogP contribution in [-0.4, -0.2) is 33.7 Å². The SMILES string of the molecule is CCOc1ccccc1N(CC(=O)N/N=C\c1ccccc1OCc1ccccc1)S(=O)(=O)c1ccc(C)cc1. The van der Waals surface area contributed by atoms with Gasteiger partial charge in [-0.25, -0.2) is 13.8 Å². The minimum Gasteiger partial charge on any atom is -0.492 e. The van der Waals surface area contributed by atoms with Gasteiger partial charge in [-0.05, 0) is 55.8 Å². The lowest BCUT2D eigenvalue weighted by molar-refractivity contribution is -0.119. The van der Waals surface area contributed by atoms with Crippen molar-refractivity contribution in [2.24, 2.45) is 5.10 Å². The quantitative estimate of drug-likeness (QED) is 0.188. The van der Waals surface area contributed by atoms with Gasteiger partial charge in [0.25, 0.3) is 15.9 Å². The van der Waals surface area contributed by atoms with Gasteiger partial charge in [0.2, 0.25) is 0 Å². The van der Waals surface area contributed by atoms with E-state index in [4.69, 9.17) is 9.47 Å². The second kappa shape index (κ2) is 13.4. The number of hydrogen-bond donors (Lipinski definition) is 1. The average Bonchev–Trinajstić information content (AvgIpc) is 2.97. The van der Waals surface area contributed by atoms with Crippen LogP contribution >= 0.6 is 0 Å². The maximum atomic E-state index is 13.7. The number of aryl methyl sites for hydroxylation is 1. The third-order valence-electron chi connectivity index (χ3n) is 5.88. The maximum Gasteiger partial charge on any atom is 0.264 e. The van der Waals surface area contributed by atoms with Crippen molar-refractivity contribution in [3.8, 4) is 11.5 Å². The molecule has 8 nitrogen and oxygen atoms in total. The van der Waals surface area contributed by atoms with Crippen LogP contribution in [0.2, 0.25) is 0 Å². The van der Waals surface area contributed by atoms with Crippen LogP contribution in [0.1, 0.15) is 23.6 Å². The fourth-order valence-electron chi connectivity index (χ4n) is 3.87.